The molecule has 0 saturated heterocycles. The van der Waals surface area contributed by atoms with Gasteiger partial charge in [-0.1, -0.05) is 0 Å². The summed E-state index contributed by atoms with van der Waals surface area (Å²) in [6, 6.07) is 0. The van der Waals surface area contributed by atoms with Gasteiger partial charge in [0.05, 0.1) is 25.2 Å². The predicted molar refractivity (Wildman–Crippen MR) is 41.5 cm³/mol. The van der Waals surface area contributed by atoms with E-state index in [4.69, 9.17) is 4.74 Å². The van der Waals surface area contributed by atoms with Gasteiger partial charge < -0.3 is 14.6 Å². The number of aliphatic hydroxyl groups excluding tert-OH is 1. The minimum Gasteiger partial charge on any atom is -0.469 e. The summed E-state index contributed by atoms with van der Waals surface area (Å²) in [5, 5.41) is 9.37. The highest BCUT2D eigenvalue weighted by Crippen LogP contribution is 2.28. The predicted octanol–water partition coefficient (Wildman–Crippen LogP) is -0.0547. The van der Waals surface area contributed by atoms with Crippen LogP contribution in [0.2, 0.25) is 0 Å². The van der Waals surface area contributed by atoms with Crippen molar-refractivity contribution in [1.29, 1.82) is 0 Å². The average molecular weight is 174 g/mol. The molecule has 12 heavy (non-hydrogen) atoms. The molecular weight excluding hydrogens is 160 g/mol. The zero-order valence-corrected chi connectivity index (χ0v) is 7.32. The van der Waals surface area contributed by atoms with Crippen LogP contribution in [0.25, 0.3) is 0 Å². The smallest absolute Gasteiger partial charge is 0.308 e. The van der Waals surface area contributed by atoms with Gasteiger partial charge in [-0.25, -0.2) is 0 Å². The quantitative estimate of drug-likeness (QED) is 0.596. The van der Waals surface area contributed by atoms with Crippen LogP contribution in [0.1, 0.15) is 12.8 Å². The van der Waals surface area contributed by atoms with Crippen molar-refractivity contribution >= 4 is 5.97 Å². The van der Waals surface area contributed by atoms with E-state index in [9.17, 15) is 9.90 Å². The van der Waals surface area contributed by atoms with Crippen molar-refractivity contribution in [1.82, 2.24) is 0 Å². The molecular formula is C8H14O4. The third-order valence-corrected chi connectivity index (χ3v) is 2.31. The molecule has 0 aliphatic heterocycles. The molecule has 0 bridgehead atoms. The van der Waals surface area contributed by atoms with Gasteiger partial charge in [-0.05, 0) is 12.8 Å². The van der Waals surface area contributed by atoms with Crippen LogP contribution in [-0.4, -0.2) is 37.5 Å². The first-order valence-corrected chi connectivity index (χ1v) is 3.97. The molecule has 1 N–H and O–H groups in total. The molecule has 0 heterocycles. The Morgan fingerprint density at radius 1 is 1.42 bits per heavy atom. The summed E-state index contributed by atoms with van der Waals surface area (Å²) in [5.41, 5.74) is 0. The molecule has 0 spiro atoms. The van der Waals surface area contributed by atoms with Crippen LogP contribution >= 0.6 is 0 Å². The molecule has 4 heteroatoms. The summed E-state index contributed by atoms with van der Waals surface area (Å²) in [6.07, 6.45) is 0.267. The van der Waals surface area contributed by atoms with Crippen LogP contribution in [0.5, 0.6) is 0 Å². The van der Waals surface area contributed by atoms with E-state index >= 15 is 0 Å². The van der Waals surface area contributed by atoms with E-state index in [0.717, 1.165) is 0 Å². The molecule has 1 fully saturated rings. The fraction of sp³-hybridized carbons (Fsp3) is 0.875. The Morgan fingerprint density at radius 2 is 2.08 bits per heavy atom. The fourth-order valence-corrected chi connectivity index (χ4v) is 1.59. The lowest BCUT2D eigenvalue weighted by molar-refractivity contribution is -0.145. The third-order valence-electron chi connectivity index (χ3n) is 2.31. The van der Waals surface area contributed by atoms with Gasteiger partial charge >= 0.3 is 5.97 Å². The second-order valence-electron chi connectivity index (χ2n) is 3.03. The van der Waals surface area contributed by atoms with Crippen molar-refractivity contribution in [2.75, 3.05) is 14.2 Å². The van der Waals surface area contributed by atoms with Crippen LogP contribution in [0.4, 0.5) is 0 Å². The number of esters is 1. The summed E-state index contributed by atoms with van der Waals surface area (Å²) in [6.45, 7) is 0. The second kappa shape index (κ2) is 3.87. The Hall–Kier alpha value is -0.610. The maximum absolute atomic E-state index is 11.0. The highest BCUT2D eigenvalue weighted by Gasteiger charge is 2.37. The van der Waals surface area contributed by atoms with Crippen LogP contribution in [0.15, 0.2) is 0 Å². The minimum atomic E-state index is -0.529. The molecule has 0 aromatic heterocycles. The molecule has 1 rings (SSSR count). The lowest BCUT2D eigenvalue weighted by Gasteiger charge is -2.10. The molecule has 1 saturated carbocycles. The number of carbonyl (C=O) groups excluding carboxylic acids is 1. The maximum atomic E-state index is 11.0. The summed E-state index contributed by atoms with van der Waals surface area (Å²) in [5.74, 6) is -0.455. The molecule has 0 unspecified atom stereocenters. The van der Waals surface area contributed by atoms with Crippen molar-refractivity contribution in [3.63, 3.8) is 0 Å². The molecule has 1 aliphatic carbocycles. The molecule has 4 nitrogen and oxygen atoms in total. The number of hydrogen-bond donors (Lipinski definition) is 1. The van der Waals surface area contributed by atoms with Gasteiger partial charge in [-0.15, -0.1) is 0 Å². The van der Waals surface area contributed by atoms with Crippen LogP contribution in [-0.2, 0) is 14.3 Å². The molecule has 3 atom stereocenters. The van der Waals surface area contributed by atoms with E-state index in [1.807, 2.05) is 0 Å². The highest BCUT2D eigenvalue weighted by molar-refractivity contribution is 5.72. The molecule has 0 radical (unpaired) electrons. The van der Waals surface area contributed by atoms with Gasteiger partial charge in [0.15, 0.2) is 0 Å². The Balaban J connectivity index is 2.48. The van der Waals surface area contributed by atoms with Gasteiger partial charge in [-0.2, -0.15) is 0 Å². The van der Waals surface area contributed by atoms with Crippen molar-refractivity contribution in [2.45, 2.75) is 25.0 Å². The minimum absolute atomic E-state index is 0.199. The van der Waals surface area contributed by atoms with Gasteiger partial charge in [-0.3, -0.25) is 4.79 Å². The maximum Gasteiger partial charge on any atom is 0.308 e. The van der Waals surface area contributed by atoms with E-state index in [2.05, 4.69) is 4.74 Å². The Bertz CT molecular complexity index is 168. The number of methoxy groups -OCH3 is 2. The zero-order valence-electron chi connectivity index (χ0n) is 7.32. The monoisotopic (exact) mass is 174 g/mol. The number of rotatable bonds is 2. The molecule has 1 aliphatic rings. The van der Waals surface area contributed by atoms with E-state index in [1.54, 1.807) is 0 Å². The van der Waals surface area contributed by atoms with Gasteiger partial charge in [0.2, 0.25) is 0 Å². The second-order valence-corrected chi connectivity index (χ2v) is 3.03. The van der Waals surface area contributed by atoms with Gasteiger partial charge in [0.1, 0.15) is 0 Å². The van der Waals surface area contributed by atoms with E-state index in [0.29, 0.717) is 12.8 Å². The first kappa shape index (κ1) is 9.48. The fourth-order valence-electron chi connectivity index (χ4n) is 1.59. The molecule has 0 aromatic carbocycles. The Morgan fingerprint density at radius 3 is 2.50 bits per heavy atom. The highest BCUT2D eigenvalue weighted by atomic mass is 16.5. The average Bonchev–Trinajstić information content (AvgIpc) is 2.45. The van der Waals surface area contributed by atoms with Gasteiger partial charge in [0.25, 0.3) is 0 Å². The number of hydrogen-bond acceptors (Lipinski definition) is 4. The van der Waals surface area contributed by atoms with Crippen molar-refractivity contribution < 1.29 is 19.4 Å². The van der Waals surface area contributed by atoms with E-state index in [-0.39, 0.29) is 18.0 Å². The van der Waals surface area contributed by atoms with Crippen molar-refractivity contribution in [2.24, 2.45) is 5.92 Å². The number of carbonyl (C=O) groups is 1. The summed E-state index contributed by atoms with van der Waals surface area (Å²) >= 11 is 0. The SMILES string of the molecule is COC(=O)[C@@H]1C[C@@H](O)[C@H](OC)C1. The van der Waals surface area contributed by atoms with Crippen LogP contribution in [0.3, 0.4) is 0 Å². The summed E-state index contributed by atoms with van der Waals surface area (Å²) in [7, 11) is 2.89. The third kappa shape index (κ3) is 1.76. The van der Waals surface area contributed by atoms with Crippen LogP contribution in [0, 0.1) is 5.92 Å². The number of ether oxygens (including phenoxy) is 2. The Labute approximate surface area is 71.5 Å². The normalized spacial score (nSPS) is 35.1. The summed E-state index contributed by atoms with van der Waals surface area (Å²) in [4.78, 5) is 11.0. The number of aliphatic hydroxyl groups is 1. The lowest BCUT2D eigenvalue weighted by Crippen LogP contribution is -2.20. The van der Waals surface area contributed by atoms with Crippen LogP contribution < -0.4 is 0 Å². The molecule has 0 aromatic rings. The van der Waals surface area contributed by atoms with Gasteiger partial charge in [0, 0.05) is 7.11 Å². The van der Waals surface area contributed by atoms with E-state index < -0.39 is 6.10 Å². The Kier molecular flexibility index (Phi) is 3.05. The molecule has 0 amide bonds. The lowest BCUT2D eigenvalue weighted by atomic mass is 10.1. The van der Waals surface area contributed by atoms with Crippen molar-refractivity contribution in [3.8, 4) is 0 Å². The first-order chi connectivity index (χ1) is 5.69. The largest absolute Gasteiger partial charge is 0.469 e. The van der Waals surface area contributed by atoms with E-state index in [1.165, 1.54) is 14.2 Å². The zero-order chi connectivity index (χ0) is 9.14. The summed E-state index contributed by atoms with van der Waals surface area (Å²) < 4.78 is 9.56. The molecule has 70 valence electrons. The first-order valence-electron chi connectivity index (χ1n) is 3.97. The van der Waals surface area contributed by atoms with Crippen molar-refractivity contribution in [3.05, 3.63) is 0 Å². The topological polar surface area (TPSA) is 55.8 Å². The standard InChI is InChI=1S/C8H14O4/c1-11-7-4-5(3-6(7)9)8(10)12-2/h5-7,9H,3-4H2,1-2H3/t5-,6-,7-/m1/s1.